The molecule has 0 amide bonds. The summed E-state index contributed by atoms with van der Waals surface area (Å²) in [5.41, 5.74) is 2.81. The molecule has 1 aromatic carbocycles. The lowest BCUT2D eigenvalue weighted by Crippen LogP contribution is -2.56. The van der Waals surface area contributed by atoms with Crippen molar-refractivity contribution in [2.45, 2.75) is 31.5 Å². The van der Waals surface area contributed by atoms with Crippen LogP contribution in [0.25, 0.3) is 10.9 Å². The number of fused-ring (bicyclic) bond motifs is 4. The van der Waals surface area contributed by atoms with Gasteiger partial charge in [0.05, 0.1) is 24.4 Å². The highest BCUT2D eigenvalue weighted by Crippen LogP contribution is 2.43. The Kier molecular flexibility index (Phi) is 4.45. The zero-order valence-electron chi connectivity index (χ0n) is 15.9. The van der Waals surface area contributed by atoms with Gasteiger partial charge in [-0.05, 0) is 48.9 Å². The molecular formula is C22H25N5O. The van der Waals surface area contributed by atoms with Crippen molar-refractivity contribution in [1.82, 2.24) is 24.9 Å². The summed E-state index contributed by atoms with van der Waals surface area (Å²) in [6.45, 7) is 6.12. The van der Waals surface area contributed by atoms with Crippen LogP contribution < -0.4 is 0 Å². The number of nitrogens with zero attached hydrogens (tertiary/aromatic N) is 5. The molecular weight excluding hydrogens is 350 g/mol. The van der Waals surface area contributed by atoms with E-state index in [0.29, 0.717) is 23.6 Å². The molecule has 3 fully saturated rings. The first-order valence-electron chi connectivity index (χ1n) is 10.0. The summed E-state index contributed by atoms with van der Waals surface area (Å²) in [5.74, 6) is 1.24. The third-order valence-corrected chi connectivity index (χ3v) is 6.52. The van der Waals surface area contributed by atoms with Crippen molar-refractivity contribution < 1.29 is 5.11 Å². The van der Waals surface area contributed by atoms with Gasteiger partial charge in [-0.1, -0.05) is 29.5 Å². The number of pyridine rings is 1. The molecule has 2 aromatic heterocycles. The fraction of sp³-hybridized carbons (Fsp3) is 0.409. The minimum absolute atomic E-state index is 0.0364. The van der Waals surface area contributed by atoms with E-state index in [1.807, 2.05) is 23.1 Å². The molecule has 0 spiro atoms. The van der Waals surface area contributed by atoms with Crippen LogP contribution >= 0.6 is 0 Å². The summed E-state index contributed by atoms with van der Waals surface area (Å²) in [6.07, 6.45) is 8.25. The maximum Gasteiger partial charge on any atom is 0.108 e. The Labute approximate surface area is 164 Å². The van der Waals surface area contributed by atoms with Crippen LogP contribution in [0.4, 0.5) is 0 Å². The lowest BCUT2D eigenvalue weighted by molar-refractivity contribution is -0.000133. The van der Waals surface area contributed by atoms with Crippen LogP contribution in [0.15, 0.2) is 55.4 Å². The summed E-state index contributed by atoms with van der Waals surface area (Å²) >= 11 is 0. The van der Waals surface area contributed by atoms with Crippen molar-refractivity contribution in [3.05, 3.63) is 66.6 Å². The highest BCUT2D eigenvalue weighted by molar-refractivity contribution is 5.82. The predicted octanol–water partition coefficient (Wildman–Crippen LogP) is 2.80. The third kappa shape index (κ3) is 2.84. The van der Waals surface area contributed by atoms with Gasteiger partial charge in [0.25, 0.3) is 0 Å². The molecule has 6 nitrogen and oxygen atoms in total. The Bertz CT molecular complexity index is 994. The minimum atomic E-state index is -0.0979. The zero-order valence-corrected chi connectivity index (χ0v) is 15.9. The highest BCUT2D eigenvalue weighted by atomic mass is 16.3. The normalized spacial score (nSPS) is 27.8. The number of para-hydroxylation sites is 1. The summed E-state index contributed by atoms with van der Waals surface area (Å²) in [7, 11) is 0. The predicted molar refractivity (Wildman–Crippen MR) is 108 cm³/mol. The van der Waals surface area contributed by atoms with Gasteiger partial charge in [0, 0.05) is 24.2 Å². The van der Waals surface area contributed by atoms with E-state index in [9.17, 15) is 5.11 Å². The summed E-state index contributed by atoms with van der Waals surface area (Å²) in [6, 6.07) is 10.8. The molecule has 6 heteroatoms. The molecule has 3 aliphatic heterocycles. The third-order valence-electron chi connectivity index (χ3n) is 6.52. The largest absolute Gasteiger partial charge is 0.390 e. The minimum Gasteiger partial charge on any atom is -0.390 e. The van der Waals surface area contributed by atoms with Gasteiger partial charge in [-0.25, -0.2) is 4.68 Å². The van der Waals surface area contributed by atoms with Gasteiger partial charge in [-0.3, -0.25) is 9.88 Å². The van der Waals surface area contributed by atoms with E-state index in [1.165, 1.54) is 12.0 Å². The van der Waals surface area contributed by atoms with Gasteiger partial charge >= 0.3 is 0 Å². The maximum absolute atomic E-state index is 9.51. The van der Waals surface area contributed by atoms with Gasteiger partial charge in [0.1, 0.15) is 5.69 Å². The summed E-state index contributed by atoms with van der Waals surface area (Å²) < 4.78 is 1.95. The Balaban J connectivity index is 1.63. The fourth-order valence-electron chi connectivity index (χ4n) is 5.13. The van der Waals surface area contributed by atoms with Crippen molar-refractivity contribution in [2.24, 2.45) is 11.8 Å². The first kappa shape index (κ1) is 17.5. The van der Waals surface area contributed by atoms with E-state index in [-0.39, 0.29) is 12.6 Å². The Morgan fingerprint density at radius 2 is 2.18 bits per heavy atom. The van der Waals surface area contributed by atoms with Crippen molar-refractivity contribution in [1.29, 1.82) is 0 Å². The lowest BCUT2D eigenvalue weighted by Gasteiger charge is -2.51. The summed E-state index contributed by atoms with van der Waals surface area (Å²) in [4.78, 5) is 7.14. The van der Waals surface area contributed by atoms with Gasteiger partial charge in [0.15, 0.2) is 0 Å². The molecule has 2 bridgehead atoms. The van der Waals surface area contributed by atoms with Gasteiger partial charge in [-0.2, -0.15) is 0 Å². The Hall–Kier alpha value is -2.57. The zero-order chi connectivity index (χ0) is 19.1. The second kappa shape index (κ2) is 7.11. The van der Waals surface area contributed by atoms with E-state index in [1.54, 1.807) is 0 Å². The first-order chi connectivity index (χ1) is 13.8. The fourth-order valence-corrected chi connectivity index (χ4v) is 5.13. The average Bonchev–Trinajstić information content (AvgIpc) is 3.23. The van der Waals surface area contributed by atoms with E-state index in [4.69, 9.17) is 0 Å². The molecule has 144 valence electrons. The first-order valence-corrected chi connectivity index (χ1v) is 10.0. The molecule has 3 aromatic rings. The monoisotopic (exact) mass is 375 g/mol. The number of benzene rings is 1. The van der Waals surface area contributed by atoms with E-state index in [2.05, 4.69) is 57.1 Å². The number of piperidine rings is 3. The molecule has 0 aliphatic carbocycles. The lowest BCUT2D eigenvalue weighted by atomic mass is 9.73. The Morgan fingerprint density at radius 3 is 2.93 bits per heavy atom. The van der Waals surface area contributed by atoms with E-state index >= 15 is 0 Å². The summed E-state index contributed by atoms with van der Waals surface area (Å²) in [5, 5.41) is 19.2. The van der Waals surface area contributed by atoms with Crippen LogP contribution in [-0.4, -0.2) is 49.1 Å². The van der Waals surface area contributed by atoms with Gasteiger partial charge in [0.2, 0.25) is 0 Å². The number of hydrogen-bond donors (Lipinski definition) is 1. The molecule has 3 aliphatic rings. The maximum atomic E-state index is 9.51. The average molecular weight is 375 g/mol. The second-order valence-corrected chi connectivity index (χ2v) is 7.96. The van der Waals surface area contributed by atoms with Crippen LogP contribution in [0.3, 0.4) is 0 Å². The molecule has 0 radical (unpaired) electrons. The molecule has 5 atom stereocenters. The second-order valence-electron chi connectivity index (χ2n) is 7.96. The van der Waals surface area contributed by atoms with Crippen molar-refractivity contribution in [2.75, 3.05) is 13.1 Å². The highest BCUT2D eigenvalue weighted by Gasteiger charge is 2.43. The van der Waals surface area contributed by atoms with Crippen LogP contribution in [0.1, 0.15) is 30.1 Å². The van der Waals surface area contributed by atoms with Crippen LogP contribution in [0.5, 0.6) is 0 Å². The molecule has 28 heavy (non-hydrogen) atoms. The molecule has 0 saturated carbocycles. The number of hydrogen-bond acceptors (Lipinski definition) is 5. The number of aliphatic hydroxyl groups is 1. The quantitative estimate of drug-likeness (QED) is 0.695. The van der Waals surface area contributed by atoms with Crippen LogP contribution in [0.2, 0.25) is 0 Å². The SMILES string of the molecule is C=C[C@H]1CN2CC[C@H]1C[C@H]2[C@H](c1ccnc2ccccc12)n1cc(CO)nn1. The molecule has 6 rings (SSSR count). The molecule has 3 saturated heterocycles. The van der Waals surface area contributed by atoms with Crippen LogP contribution in [-0.2, 0) is 6.61 Å². The number of rotatable bonds is 5. The van der Waals surface area contributed by atoms with E-state index < -0.39 is 0 Å². The van der Waals surface area contributed by atoms with Crippen LogP contribution in [0, 0.1) is 11.8 Å². The van der Waals surface area contributed by atoms with Gasteiger partial charge in [-0.15, -0.1) is 11.7 Å². The number of aromatic nitrogens is 4. The van der Waals surface area contributed by atoms with Crippen molar-refractivity contribution >= 4 is 10.9 Å². The van der Waals surface area contributed by atoms with Crippen molar-refractivity contribution in [3.63, 3.8) is 0 Å². The smallest absolute Gasteiger partial charge is 0.108 e. The standard InChI is InChI=1S/C22H25N5O/c1-2-15-12-26-10-8-16(15)11-21(26)22(27-13-17(14-28)24-25-27)19-7-9-23-20-6-4-3-5-18(19)20/h2-7,9,13,15-16,21-22,28H,1,8,10-12,14H2/t15-,16-,21-,22-/m0/s1. The molecule has 5 heterocycles. The molecule has 1 N–H and O–H groups in total. The molecule has 1 unspecified atom stereocenters. The Morgan fingerprint density at radius 1 is 1.29 bits per heavy atom. The topological polar surface area (TPSA) is 67.1 Å². The van der Waals surface area contributed by atoms with Crippen molar-refractivity contribution in [3.8, 4) is 0 Å². The van der Waals surface area contributed by atoms with E-state index in [0.717, 1.165) is 30.4 Å². The number of aliphatic hydroxyl groups excluding tert-OH is 1. The van der Waals surface area contributed by atoms with Gasteiger partial charge < -0.3 is 5.11 Å².